The van der Waals surface area contributed by atoms with E-state index >= 15 is 0 Å². The lowest BCUT2D eigenvalue weighted by atomic mass is 10.0. The zero-order chi connectivity index (χ0) is 15.0. The summed E-state index contributed by atoms with van der Waals surface area (Å²) in [6.45, 7) is 2.55. The van der Waals surface area contributed by atoms with Gasteiger partial charge in [-0.3, -0.25) is 9.59 Å². The van der Waals surface area contributed by atoms with Crippen LogP contribution in [0.15, 0.2) is 18.2 Å². The molecule has 0 heterocycles. The molecule has 0 spiro atoms. The molecule has 1 aromatic rings. The third kappa shape index (κ3) is 5.12. The normalized spacial score (nSPS) is 9.50. The fourth-order valence-electron chi connectivity index (χ4n) is 1.66. The van der Waals surface area contributed by atoms with E-state index in [1.165, 1.54) is 0 Å². The summed E-state index contributed by atoms with van der Waals surface area (Å²) >= 11 is 0. The van der Waals surface area contributed by atoms with E-state index in [-0.39, 0.29) is 24.8 Å². The van der Waals surface area contributed by atoms with Crippen LogP contribution in [0.5, 0.6) is 0 Å². The van der Waals surface area contributed by atoms with Crippen molar-refractivity contribution in [3.63, 3.8) is 0 Å². The molecular weight excluding hydrogens is 254 g/mol. The molecule has 5 heteroatoms. The smallest absolute Gasteiger partial charge is 0.252 e. The van der Waals surface area contributed by atoms with Gasteiger partial charge in [-0.15, -0.1) is 0 Å². The van der Waals surface area contributed by atoms with Gasteiger partial charge in [-0.2, -0.15) is 0 Å². The van der Waals surface area contributed by atoms with Gasteiger partial charge in [-0.05, 0) is 25.5 Å². The molecule has 2 amide bonds. The summed E-state index contributed by atoms with van der Waals surface area (Å²) in [5.41, 5.74) is 12.5. The van der Waals surface area contributed by atoms with Crippen molar-refractivity contribution in [2.75, 3.05) is 13.1 Å². The summed E-state index contributed by atoms with van der Waals surface area (Å²) in [5, 5.41) is 2.75. The van der Waals surface area contributed by atoms with Gasteiger partial charge in [0.2, 0.25) is 5.91 Å². The first-order valence-corrected chi connectivity index (χ1v) is 6.40. The number of benzene rings is 1. The van der Waals surface area contributed by atoms with E-state index in [1.807, 2.05) is 13.0 Å². The Bertz CT molecular complexity index is 556. The second kappa shape index (κ2) is 7.97. The van der Waals surface area contributed by atoms with E-state index in [0.29, 0.717) is 24.1 Å². The van der Waals surface area contributed by atoms with Crippen molar-refractivity contribution in [2.45, 2.75) is 19.8 Å². The van der Waals surface area contributed by atoms with Crippen LogP contribution < -0.4 is 16.8 Å². The zero-order valence-corrected chi connectivity index (χ0v) is 11.5. The first-order chi connectivity index (χ1) is 9.54. The molecule has 5 N–H and O–H groups in total. The molecule has 0 bridgehead atoms. The molecule has 0 unspecified atom stereocenters. The predicted octanol–water partition coefficient (Wildman–Crippen LogP) is 0.301. The molecule has 1 aromatic carbocycles. The summed E-state index contributed by atoms with van der Waals surface area (Å²) in [5.74, 6) is 5.04. The van der Waals surface area contributed by atoms with Crippen LogP contribution in [0.3, 0.4) is 0 Å². The summed E-state index contributed by atoms with van der Waals surface area (Å²) in [6.07, 6.45) is 0.782. The van der Waals surface area contributed by atoms with E-state index in [4.69, 9.17) is 11.5 Å². The second-order valence-corrected chi connectivity index (χ2v) is 4.38. The number of rotatable bonds is 5. The Balaban J connectivity index is 2.75. The van der Waals surface area contributed by atoms with Crippen molar-refractivity contribution < 1.29 is 9.59 Å². The van der Waals surface area contributed by atoms with Crippen LogP contribution >= 0.6 is 0 Å². The molecule has 20 heavy (non-hydrogen) atoms. The number of hydrogen-bond acceptors (Lipinski definition) is 3. The van der Waals surface area contributed by atoms with E-state index in [0.717, 1.165) is 5.56 Å². The van der Waals surface area contributed by atoms with E-state index < -0.39 is 0 Å². The largest absolute Gasteiger partial charge is 0.370 e. The lowest BCUT2D eigenvalue weighted by Crippen LogP contribution is -2.26. The maximum Gasteiger partial charge on any atom is 0.252 e. The first kappa shape index (κ1) is 15.7. The quantitative estimate of drug-likeness (QED) is 0.531. The number of nitrogens with two attached hydrogens (primary N) is 2. The van der Waals surface area contributed by atoms with Gasteiger partial charge in [-0.1, -0.05) is 23.5 Å². The number of hydrogen-bond donors (Lipinski definition) is 3. The van der Waals surface area contributed by atoms with Gasteiger partial charge >= 0.3 is 0 Å². The summed E-state index contributed by atoms with van der Waals surface area (Å²) in [7, 11) is 0. The lowest BCUT2D eigenvalue weighted by Gasteiger charge is -2.07. The fourth-order valence-corrected chi connectivity index (χ4v) is 1.66. The molecule has 0 atom stereocenters. The van der Waals surface area contributed by atoms with Crippen molar-refractivity contribution in [1.82, 2.24) is 5.32 Å². The average molecular weight is 273 g/mol. The predicted molar refractivity (Wildman–Crippen MR) is 77.9 cm³/mol. The molecule has 0 fully saturated rings. The van der Waals surface area contributed by atoms with Crippen LogP contribution in [0.2, 0.25) is 0 Å². The third-order valence-corrected chi connectivity index (χ3v) is 2.63. The van der Waals surface area contributed by atoms with E-state index in [1.54, 1.807) is 12.1 Å². The third-order valence-electron chi connectivity index (χ3n) is 2.63. The fraction of sp³-hybridized carbons (Fsp3) is 0.333. The number of amides is 2. The number of carbonyl (C=O) groups is 2. The molecule has 0 aliphatic rings. The van der Waals surface area contributed by atoms with Crippen LogP contribution in [0, 0.1) is 18.8 Å². The Labute approximate surface area is 118 Å². The standard InChI is InChI=1S/C15H19N3O2/c1-11-6-7-12(4-2-8-16)13(10-11)15(20)18-9-3-5-14(17)19/h6-7,10H,3,5,8-9,16H2,1H3,(H2,17,19)(H,18,20). The van der Waals surface area contributed by atoms with E-state index in [2.05, 4.69) is 17.2 Å². The molecular formula is C15H19N3O2. The van der Waals surface area contributed by atoms with Gasteiger partial charge in [0.05, 0.1) is 12.1 Å². The molecule has 0 aliphatic carbocycles. The first-order valence-electron chi connectivity index (χ1n) is 6.40. The molecule has 1 rings (SSSR count). The van der Waals surface area contributed by atoms with Gasteiger partial charge in [0.1, 0.15) is 0 Å². The Kier molecular flexibility index (Phi) is 6.27. The van der Waals surface area contributed by atoms with Gasteiger partial charge in [0.15, 0.2) is 0 Å². The van der Waals surface area contributed by atoms with Crippen molar-refractivity contribution in [1.29, 1.82) is 0 Å². The number of primary amides is 1. The number of aryl methyl sites for hydroxylation is 1. The van der Waals surface area contributed by atoms with Gasteiger partial charge in [0, 0.05) is 18.5 Å². The topological polar surface area (TPSA) is 98.2 Å². The second-order valence-electron chi connectivity index (χ2n) is 4.38. The average Bonchev–Trinajstić information content (AvgIpc) is 2.41. The minimum Gasteiger partial charge on any atom is -0.370 e. The van der Waals surface area contributed by atoms with Crippen LogP contribution in [0.4, 0.5) is 0 Å². The number of nitrogens with one attached hydrogen (secondary N) is 1. The molecule has 0 saturated carbocycles. The highest BCUT2D eigenvalue weighted by molar-refractivity contribution is 5.97. The van der Waals surface area contributed by atoms with Crippen LogP contribution in [0.1, 0.15) is 34.3 Å². The Morgan fingerprint density at radius 2 is 2.10 bits per heavy atom. The van der Waals surface area contributed by atoms with Crippen molar-refractivity contribution >= 4 is 11.8 Å². The summed E-state index contributed by atoms with van der Waals surface area (Å²) in [4.78, 5) is 22.7. The highest BCUT2D eigenvalue weighted by Gasteiger charge is 2.10. The van der Waals surface area contributed by atoms with Crippen LogP contribution in [-0.4, -0.2) is 24.9 Å². The highest BCUT2D eigenvalue weighted by atomic mass is 16.2. The van der Waals surface area contributed by atoms with Crippen LogP contribution in [0.25, 0.3) is 0 Å². The van der Waals surface area contributed by atoms with Gasteiger partial charge in [0.25, 0.3) is 5.91 Å². The summed E-state index contributed by atoms with van der Waals surface area (Å²) in [6, 6.07) is 5.48. The SMILES string of the molecule is Cc1ccc(C#CCN)c(C(=O)NCCCC(N)=O)c1. The zero-order valence-electron chi connectivity index (χ0n) is 11.5. The van der Waals surface area contributed by atoms with E-state index in [9.17, 15) is 9.59 Å². The van der Waals surface area contributed by atoms with Crippen molar-refractivity contribution in [3.05, 3.63) is 34.9 Å². The Hall–Kier alpha value is -2.32. The molecule has 0 aromatic heterocycles. The molecule has 5 nitrogen and oxygen atoms in total. The maximum absolute atomic E-state index is 12.1. The molecule has 0 saturated heterocycles. The highest BCUT2D eigenvalue weighted by Crippen LogP contribution is 2.10. The van der Waals surface area contributed by atoms with Crippen LogP contribution in [-0.2, 0) is 4.79 Å². The molecule has 0 aliphatic heterocycles. The minimum absolute atomic E-state index is 0.209. The maximum atomic E-state index is 12.1. The Morgan fingerprint density at radius 3 is 2.75 bits per heavy atom. The molecule has 0 radical (unpaired) electrons. The van der Waals surface area contributed by atoms with Gasteiger partial charge in [-0.25, -0.2) is 0 Å². The lowest BCUT2D eigenvalue weighted by molar-refractivity contribution is -0.118. The molecule has 106 valence electrons. The van der Waals surface area contributed by atoms with Crippen molar-refractivity contribution in [2.24, 2.45) is 11.5 Å². The Morgan fingerprint density at radius 1 is 1.35 bits per heavy atom. The number of carbonyl (C=O) groups excluding carboxylic acids is 2. The summed E-state index contributed by atoms with van der Waals surface area (Å²) < 4.78 is 0. The monoisotopic (exact) mass is 273 g/mol. The van der Waals surface area contributed by atoms with Crippen molar-refractivity contribution in [3.8, 4) is 11.8 Å². The minimum atomic E-state index is -0.371. The van der Waals surface area contributed by atoms with Gasteiger partial charge < -0.3 is 16.8 Å².